The van der Waals surface area contributed by atoms with E-state index < -0.39 is 0 Å². The molecule has 3 aromatic rings. The van der Waals surface area contributed by atoms with Crippen LogP contribution >= 0.6 is 0 Å². The number of carbonyl (C=O) groups excluding carboxylic acids is 2. The van der Waals surface area contributed by atoms with Crippen LogP contribution in [0.1, 0.15) is 63.1 Å². The summed E-state index contributed by atoms with van der Waals surface area (Å²) in [4.78, 5) is 23.8. The monoisotopic (exact) mass is 585 g/mol. The third-order valence-corrected chi connectivity index (χ3v) is 7.36. The summed E-state index contributed by atoms with van der Waals surface area (Å²) in [7, 11) is 0. The van der Waals surface area contributed by atoms with Gasteiger partial charge >= 0.3 is 11.9 Å². The van der Waals surface area contributed by atoms with Crippen molar-refractivity contribution in [3.8, 4) is 23.0 Å². The highest BCUT2D eigenvalue weighted by Gasteiger charge is 2.31. The molecule has 0 saturated heterocycles. The molecule has 1 N–H and O–H groups in total. The summed E-state index contributed by atoms with van der Waals surface area (Å²) in [5, 5.41) is 3.28. The lowest BCUT2D eigenvalue weighted by atomic mass is 9.88. The van der Waals surface area contributed by atoms with Crippen LogP contribution in [0.4, 0.5) is 0 Å². The number of nitrogens with one attached hydrogen (secondary N) is 1. The molecular weight excluding hydrogens is 546 g/mol. The van der Waals surface area contributed by atoms with Crippen molar-refractivity contribution in [1.82, 2.24) is 5.32 Å². The SMILES string of the molecule is CCCNCC(COc1ccc(/C(=C(/CC)c2ccc3c(c2)OCO3)c2ccc(OC(=O)C3CC3)cc2)cc1)OC(C)=O. The average molecular weight is 586 g/mol. The average Bonchev–Trinajstić information content (AvgIpc) is 3.76. The van der Waals surface area contributed by atoms with E-state index >= 15 is 0 Å². The standard InChI is InChI=1S/C35H39NO7/c1-4-18-36-20-30(42-23(3)37)21-39-28-13-8-24(9-14-28)34(25-10-15-29(16-11-25)43-35(38)26-6-7-26)31(5-2)27-12-17-32-33(19-27)41-22-40-32/h8-17,19,26,30,36H,4-7,18,20-22H2,1-3H3/b34-31+. The lowest BCUT2D eigenvalue weighted by Gasteiger charge is -2.19. The number of allylic oxidation sites excluding steroid dienone is 1. The van der Waals surface area contributed by atoms with Gasteiger partial charge in [0.15, 0.2) is 11.5 Å². The first-order chi connectivity index (χ1) is 20.9. The molecule has 0 aromatic heterocycles. The Labute approximate surface area is 252 Å². The number of rotatable bonds is 14. The second-order valence-electron chi connectivity index (χ2n) is 10.8. The Balaban J connectivity index is 1.42. The Morgan fingerprint density at radius 2 is 1.53 bits per heavy atom. The second kappa shape index (κ2) is 14.2. The molecular formula is C35H39NO7. The van der Waals surface area contributed by atoms with Crippen LogP contribution < -0.4 is 24.3 Å². The van der Waals surface area contributed by atoms with Crippen molar-refractivity contribution >= 4 is 23.1 Å². The number of carbonyl (C=O) groups is 2. The molecule has 1 saturated carbocycles. The molecule has 1 heterocycles. The summed E-state index contributed by atoms with van der Waals surface area (Å²) in [5.41, 5.74) is 5.22. The first-order valence-electron chi connectivity index (χ1n) is 15.0. The van der Waals surface area contributed by atoms with E-state index in [0.29, 0.717) is 18.0 Å². The van der Waals surface area contributed by atoms with E-state index in [2.05, 4.69) is 25.2 Å². The van der Waals surface area contributed by atoms with Gasteiger partial charge in [0.05, 0.1) is 5.92 Å². The summed E-state index contributed by atoms with van der Waals surface area (Å²) in [6.07, 6.45) is 3.17. The zero-order chi connectivity index (χ0) is 30.2. The number of benzene rings is 3. The van der Waals surface area contributed by atoms with E-state index in [1.54, 1.807) is 0 Å². The molecule has 2 aliphatic rings. The van der Waals surface area contributed by atoms with E-state index in [0.717, 1.165) is 71.6 Å². The quantitative estimate of drug-likeness (QED) is 0.100. The normalized spacial score (nSPS) is 15.0. The van der Waals surface area contributed by atoms with Gasteiger partial charge in [0.25, 0.3) is 0 Å². The number of fused-ring (bicyclic) bond motifs is 1. The number of ether oxygens (including phenoxy) is 5. The van der Waals surface area contributed by atoms with Crippen molar-refractivity contribution in [3.05, 3.63) is 83.4 Å². The Bertz CT molecular complexity index is 1440. The van der Waals surface area contributed by atoms with Gasteiger partial charge in [-0.3, -0.25) is 9.59 Å². The fraction of sp³-hybridized carbons (Fsp3) is 0.371. The topological polar surface area (TPSA) is 92.3 Å². The summed E-state index contributed by atoms with van der Waals surface area (Å²) in [6.45, 7) is 7.45. The lowest BCUT2D eigenvalue weighted by molar-refractivity contribution is -0.147. The van der Waals surface area contributed by atoms with Crippen molar-refractivity contribution < 1.29 is 33.3 Å². The van der Waals surface area contributed by atoms with E-state index in [4.69, 9.17) is 23.7 Å². The van der Waals surface area contributed by atoms with E-state index in [1.165, 1.54) is 6.92 Å². The molecule has 1 fully saturated rings. The molecule has 226 valence electrons. The maximum absolute atomic E-state index is 12.2. The first kappa shape index (κ1) is 30.2. The molecule has 1 aliphatic carbocycles. The van der Waals surface area contributed by atoms with Gasteiger partial charge in [0.1, 0.15) is 24.2 Å². The molecule has 0 amide bonds. The van der Waals surface area contributed by atoms with Crippen LogP contribution in [-0.2, 0) is 14.3 Å². The van der Waals surface area contributed by atoms with Crippen LogP contribution in [0.15, 0.2) is 66.7 Å². The minimum Gasteiger partial charge on any atom is -0.490 e. The van der Waals surface area contributed by atoms with Crippen LogP contribution in [0.2, 0.25) is 0 Å². The van der Waals surface area contributed by atoms with Gasteiger partial charge < -0.3 is 29.0 Å². The first-order valence-corrected chi connectivity index (χ1v) is 15.0. The molecule has 5 rings (SSSR count). The molecule has 8 nitrogen and oxygen atoms in total. The van der Waals surface area contributed by atoms with Crippen molar-refractivity contribution in [3.63, 3.8) is 0 Å². The molecule has 3 aromatic carbocycles. The molecule has 1 aliphatic heterocycles. The van der Waals surface area contributed by atoms with Crippen LogP contribution in [0.5, 0.6) is 23.0 Å². The molecule has 0 spiro atoms. The highest BCUT2D eigenvalue weighted by atomic mass is 16.7. The van der Waals surface area contributed by atoms with Gasteiger partial charge in [-0.15, -0.1) is 0 Å². The van der Waals surface area contributed by atoms with Gasteiger partial charge in [0.2, 0.25) is 6.79 Å². The van der Waals surface area contributed by atoms with Crippen LogP contribution in [0, 0.1) is 5.92 Å². The van der Waals surface area contributed by atoms with Crippen molar-refractivity contribution in [2.45, 2.75) is 52.6 Å². The van der Waals surface area contributed by atoms with E-state index in [9.17, 15) is 9.59 Å². The summed E-state index contributed by atoms with van der Waals surface area (Å²) in [5.74, 6) is 2.22. The Hall–Kier alpha value is -4.30. The fourth-order valence-electron chi connectivity index (χ4n) is 5.05. The maximum atomic E-state index is 12.2. The van der Waals surface area contributed by atoms with Crippen LogP contribution in [-0.4, -0.2) is 44.5 Å². The number of esters is 2. The van der Waals surface area contributed by atoms with E-state index in [-0.39, 0.29) is 37.4 Å². The predicted octanol–water partition coefficient (Wildman–Crippen LogP) is 6.41. The minimum absolute atomic E-state index is 0.0328. The Kier molecular flexibility index (Phi) is 10.00. The van der Waals surface area contributed by atoms with Gasteiger partial charge in [-0.05, 0) is 96.5 Å². The second-order valence-corrected chi connectivity index (χ2v) is 10.8. The van der Waals surface area contributed by atoms with Crippen molar-refractivity contribution in [2.24, 2.45) is 5.92 Å². The Morgan fingerprint density at radius 3 is 2.16 bits per heavy atom. The van der Waals surface area contributed by atoms with Crippen molar-refractivity contribution in [2.75, 3.05) is 26.5 Å². The zero-order valence-electron chi connectivity index (χ0n) is 25.0. The van der Waals surface area contributed by atoms with Crippen LogP contribution in [0.25, 0.3) is 11.1 Å². The Morgan fingerprint density at radius 1 is 0.884 bits per heavy atom. The smallest absolute Gasteiger partial charge is 0.314 e. The fourth-order valence-corrected chi connectivity index (χ4v) is 5.05. The predicted molar refractivity (Wildman–Crippen MR) is 164 cm³/mol. The number of hydrogen-bond acceptors (Lipinski definition) is 8. The molecule has 0 radical (unpaired) electrons. The van der Waals surface area contributed by atoms with Gasteiger partial charge in [0, 0.05) is 13.5 Å². The summed E-state index contributed by atoms with van der Waals surface area (Å²) >= 11 is 0. The van der Waals surface area contributed by atoms with Crippen LogP contribution in [0.3, 0.4) is 0 Å². The zero-order valence-corrected chi connectivity index (χ0v) is 25.0. The summed E-state index contributed by atoms with van der Waals surface area (Å²) < 4.78 is 28.2. The maximum Gasteiger partial charge on any atom is 0.314 e. The molecule has 0 bridgehead atoms. The lowest BCUT2D eigenvalue weighted by Crippen LogP contribution is -2.35. The molecule has 1 unspecified atom stereocenters. The van der Waals surface area contributed by atoms with E-state index in [1.807, 2.05) is 60.7 Å². The molecule has 1 atom stereocenters. The third kappa shape index (κ3) is 7.96. The largest absolute Gasteiger partial charge is 0.490 e. The third-order valence-electron chi connectivity index (χ3n) is 7.36. The van der Waals surface area contributed by atoms with Crippen molar-refractivity contribution in [1.29, 1.82) is 0 Å². The molecule has 43 heavy (non-hydrogen) atoms. The number of hydrogen-bond donors (Lipinski definition) is 1. The van der Waals surface area contributed by atoms with Gasteiger partial charge in [-0.25, -0.2) is 0 Å². The molecule has 8 heteroatoms. The highest BCUT2D eigenvalue weighted by Crippen LogP contribution is 2.40. The van der Waals surface area contributed by atoms with Gasteiger partial charge in [-0.2, -0.15) is 0 Å². The van der Waals surface area contributed by atoms with Gasteiger partial charge in [-0.1, -0.05) is 44.2 Å². The highest BCUT2D eigenvalue weighted by molar-refractivity contribution is 5.99. The summed E-state index contributed by atoms with van der Waals surface area (Å²) in [6, 6.07) is 21.6. The minimum atomic E-state index is -0.385.